The van der Waals surface area contributed by atoms with E-state index in [1.165, 1.54) is 4.90 Å². The molecule has 1 fully saturated rings. The summed E-state index contributed by atoms with van der Waals surface area (Å²) in [4.78, 5) is 25.2. The largest absolute Gasteiger partial charge is 0.393 e. The first-order valence-corrected chi connectivity index (χ1v) is 6.89. The van der Waals surface area contributed by atoms with Gasteiger partial charge in [0.25, 0.3) is 0 Å². The molecule has 1 heterocycles. The molecular formula is C13H15BrN2O3. The summed E-state index contributed by atoms with van der Waals surface area (Å²) in [6.45, 7) is 0.849. The lowest BCUT2D eigenvalue weighted by atomic mass is 10.1. The smallest absolute Gasteiger partial charge is 0.313 e. The number of amides is 2. The van der Waals surface area contributed by atoms with Crippen LogP contribution in [0.25, 0.3) is 0 Å². The number of likely N-dealkylation sites (tertiary alicyclic amines) is 1. The van der Waals surface area contributed by atoms with Crippen LogP contribution in [0.2, 0.25) is 0 Å². The van der Waals surface area contributed by atoms with Gasteiger partial charge >= 0.3 is 11.8 Å². The van der Waals surface area contributed by atoms with Gasteiger partial charge in [-0.2, -0.15) is 0 Å². The standard InChI is InChI=1S/C13H15BrN2O3/c14-9-1-3-10(4-2-9)15-12(18)13(19)16-7-5-11(17)6-8-16/h1-4,11,17H,5-8H2,(H,15,18). The third kappa shape index (κ3) is 3.78. The Morgan fingerprint density at radius 1 is 1.21 bits per heavy atom. The quantitative estimate of drug-likeness (QED) is 0.766. The number of nitrogens with zero attached hydrogens (tertiary/aromatic N) is 1. The van der Waals surface area contributed by atoms with Crippen LogP contribution in [-0.2, 0) is 9.59 Å². The average molecular weight is 327 g/mol. The predicted octanol–water partition coefficient (Wildman–Crippen LogP) is 1.37. The van der Waals surface area contributed by atoms with E-state index >= 15 is 0 Å². The molecule has 0 saturated carbocycles. The van der Waals surface area contributed by atoms with E-state index < -0.39 is 11.8 Å². The molecule has 1 aliphatic heterocycles. The van der Waals surface area contributed by atoms with Gasteiger partial charge in [-0.15, -0.1) is 0 Å². The number of carbonyl (C=O) groups is 2. The van der Waals surface area contributed by atoms with Crippen LogP contribution in [0.1, 0.15) is 12.8 Å². The number of hydrogen-bond acceptors (Lipinski definition) is 3. The lowest BCUT2D eigenvalue weighted by Crippen LogP contribution is -2.45. The molecular weight excluding hydrogens is 312 g/mol. The lowest BCUT2D eigenvalue weighted by Gasteiger charge is -2.28. The van der Waals surface area contributed by atoms with Crippen LogP contribution < -0.4 is 5.32 Å². The van der Waals surface area contributed by atoms with Crippen LogP contribution in [0, 0.1) is 0 Å². The second kappa shape index (κ2) is 6.16. The lowest BCUT2D eigenvalue weighted by molar-refractivity contribution is -0.144. The molecule has 1 aliphatic rings. The number of carbonyl (C=O) groups excluding carboxylic acids is 2. The van der Waals surface area contributed by atoms with Crippen LogP contribution in [-0.4, -0.2) is 41.0 Å². The molecule has 0 atom stereocenters. The van der Waals surface area contributed by atoms with Gasteiger partial charge in [0.2, 0.25) is 0 Å². The molecule has 0 spiro atoms. The van der Waals surface area contributed by atoms with Crippen LogP contribution in [0.4, 0.5) is 5.69 Å². The van der Waals surface area contributed by atoms with Crippen LogP contribution >= 0.6 is 15.9 Å². The molecule has 6 heteroatoms. The molecule has 19 heavy (non-hydrogen) atoms. The summed E-state index contributed by atoms with van der Waals surface area (Å²) in [7, 11) is 0. The number of hydrogen-bond donors (Lipinski definition) is 2. The summed E-state index contributed by atoms with van der Waals surface area (Å²) >= 11 is 3.30. The maximum absolute atomic E-state index is 11.9. The van der Waals surface area contributed by atoms with E-state index in [9.17, 15) is 14.7 Å². The normalized spacial score (nSPS) is 16.2. The van der Waals surface area contributed by atoms with Crippen LogP contribution in [0.15, 0.2) is 28.7 Å². The molecule has 1 aromatic rings. The maximum Gasteiger partial charge on any atom is 0.313 e. The highest BCUT2D eigenvalue weighted by Gasteiger charge is 2.26. The van der Waals surface area contributed by atoms with Crippen LogP contribution in [0.5, 0.6) is 0 Å². The van der Waals surface area contributed by atoms with E-state index in [0.29, 0.717) is 31.6 Å². The van der Waals surface area contributed by atoms with Crippen molar-refractivity contribution < 1.29 is 14.7 Å². The fourth-order valence-electron chi connectivity index (χ4n) is 1.93. The SMILES string of the molecule is O=C(Nc1ccc(Br)cc1)C(=O)N1CCC(O)CC1. The van der Waals surface area contributed by atoms with Crippen molar-refractivity contribution in [2.24, 2.45) is 0 Å². The zero-order chi connectivity index (χ0) is 13.8. The molecule has 0 aromatic heterocycles. The van der Waals surface area contributed by atoms with E-state index in [-0.39, 0.29) is 6.10 Å². The minimum Gasteiger partial charge on any atom is -0.393 e. The Kier molecular flexibility index (Phi) is 4.55. The Morgan fingerprint density at radius 3 is 2.37 bits per heavy atom. The fourth-order valence-corrected chi connectivity index (χ4v) is 2.19. The maximum atomic E-state index is 11.9. The Morgan fingerprint density at radius 2 is 1.79 bits per heavy atom. The predicted molar refractivity (Wildman–Crippen MR) is 74.6 cm³/mol. The summed E-state index contributed by atoms with van der Waals surface area (Å²) in [5, 5.41) is 11.9. The van der Waals surface area contributed by atoms with Gasteiger partial charge in [0, 0.05) is 23.2 Å². The number of piperidine rings is 1. The minimum atomic E-state index is -0.640. The minimum absolute atomic E-state index is 0.362. The second-order valence-electron chi connectivity index (χ2n) is 4.48. The molecule has 1 aromatic carbocycles. The van der Waals surface area contributed by atoms with E-state index in [4.69, 9.17) is 0 Å². The monoisotopic (exact) mass is 326 g/mol. The molecule has 0 bridgehead atoms. The van der Waals surface area contributed by atoms with Gasteiger partial charge in [0.05, 0.1) is 6.10 Å². The first kappa shape index (κ1) is 14.0. The summed E-state index contributed by atoms with van der Waals surface area (Å²) in [6.07, 6.45) is 0.688. The topological polar surface area (TPSA) is 69.6 Å². The van der Waals surface area contributed by atoms with Crippen molar-refractivity contribution >= 4 is 33.4 Å². The fraction of sp³-hybridized carbons (Fsp3) is 0.385. The molecule has 102 valence electrons. The summed E-state index contributed by atoms with van der Waals surface area (Å²) in [5.41, 5.74) is 0.582. The van der Waals surface area contributed by atoms with Crippen molar-refractivity contribution in [3.8, 4) is 0 Å². The number of benzene rings is 1. The van der Waals surface area contributed by atoms with Gasteiger partial charge in [-0.05, 0) is 37.1 Å². The Balaban J connectivity index is 1.92. The molecule has 2 amide bonds. The molecule has 2 N–H and O–H groups in total. The van der Waals surface area contributed by atoms with Crippen molar-refractivity contribution in [2.45, 2.75) is 18.9 Å². The highest BCUT2D eigenvalue weighted by Crippen LogP contribution is 2.15. The summed E-state index contributed by atoms with van der Waals surface area (Å²) < 4.78 is 0.904. The average Bonchev–Trinajstić information content (AvgIpc) is 2.41. The number of aliphatic hydroxyl groups excluding tert-OH is 1. The van der Waals surface area contributed by atoms with Crippen molar-refractivity contribution in [3.05, 3.63) is 28.7 Å². The van der Waals surface area contributed by atoms with Crippen molar-refractivity contribution in [2.75, 3.05) is 18.4 Å². The number of rotatable bonds is 1. The first-order chi connectivity index (χ1) is 9.06. The Hall–Kier alpha value is -1.40. The number of anilines is 1. The van der Waals surface area contributed by atoms with Gasteiger partial charge in [0.1, 0.15) is 0 Å². The summed E-state index contributed by atoms with van der Waals surface area (Å²) in [5.74, 6) is -1.19. The van der Waals surface area contributed by atoms with Gasteiger partial charge < -0.3 is 15.3 Å². The summed E-state index contributed by atoms with van der Waals surface area (Å²) in [6, 6.07) is 7.01. The van der Waals surface area contributed by atoms with Crippen molar-refractivity contribution in [1.82, 2.24) is 4.90 Å². The van der Waals surface area contributed by atoms with Crippen molar-refractivity contribution in [3.63, 3.8) is 0 Å². The van der Waals surface area contributed by atoms with E-state index in [0.717, 1.165) is 4.47 Å². The molecule has 0 radical (unpaired) electrons. The molecule has 5 nitrogen and oxygen atoms in total. The number of halogens is 1. The van der Waals surface area contributed by atoms with Gasteiger partial charge in [-0.25, -0.2) is 0 Å². The van der Waals surface area contributed by atoms with Gasteiger partial charge in [-0.3, -0.25) is 9.59 Å². The van der Waals surface area contributed by atoms with E-state index in [2.05, 4.69) is 21.2 Å². The first-order valence-electron chi connectivity index (χ1n) is 6.10. The molecule has 2 rings (SSSR count). The highest BCUT2D eigenvalue weighted by atomic mass is 79.9. The number of aliphatic hydroxyl groups is 1. The third-order valence-corrected chi connectivity index (χ3v) is 3.58. The second-order valence-corrected chi connectivity index (χ2v) is 5.40. The molecule has 0 unspecified atom stereocenters. The van der Waals surface area contributed by atoms with Crippen molar-refractivity contribution in [1.29, 1.82) is 0 Å². The van der Waals surface area contributed by atoms with Crippen LogP contribution in [0.3, 0.4) is 0 Å². The third-order valence-electron chi connectivity index (χ3n) is 3.05. The zero-order valence-corrected chi connectivity index (χ0v) is 11.9. The highest BCUT2D eigenvalue weighted by molar-refractivity contribution is 9.10. The van der Waals surface area contributed by atoms with Gasteiger partial charge in [0.15, 0.2) is 0 Å². The Labute approximate surface area is 119 Å². The molecule has 1 saturated heterocycles. The zero-order valence-electron chi connectivity index (χ0n) is 10.3. The molecule has 0 aliphatic carbocycles. The number of nitrogens with one attached hydrogen (secondary N) is 1. The Bertz CT molecular complexity index is 467. The van der Waals surface area contributed by atoms with E-state index in [1.807, 2.05) is 0 Å². The van der Waals surface area contributed by atoms with Gasteiger partial charge in [-0.1, -0.05) is 15.9 Å². The van der Waals surface area contributed by atoms with E-state index in [1.54, 1.807) is 24.3 Å².